The molecule has 0 fully saturated rings. The summed E-state index contributed by atoms with van der Waals surface area (Å²) in [5, 5.41) is 3.94. The lowest BCUT2D eigenvalue weighted by molar-refractivity contribution is -0.119. The topological polar surface area (TPSA) is 58.2 Å². The minimum absolute atomic E-state index is 0.00101. The van der Waals surface area contributed by atoms with Gasteiger partial charge in [-0.15, -0.1) is 11.8 Å². The van der Waals surface area contributed by atoms with E-state index in [4.69, 9.17) is 11.6 Å². The van der Waals surface area contributed by atoms with Crippen LogP contribution in [0.3, 0.4) is 0 Å². The maximum atomic E-state index is 12.9. The van der Waals surface area contributed by atoms with Crippen LogP contribution < -0.4 is 10.6 Å². The van der Waals surface area contributed by atoms with Gasteiger partial charge < -0.3 is 5.32 Å². The molecule has 1 rings (SSSR count). The molecule has 0 saturated heterocycles. The smallest absolute Gasteiger partial charge is 0.321 e. The highest BCUT2D eigenvalue weighted by Gasteiger charge is 2.16. The summed E-state index contributed by atoms with van der Waals surface area (Å²) in [6.07, 6.45) is 0. The first-order valence-corrected chi connectivity index (χ1v) is 6.34. The zero-order chi connectivity index (χ0) is 13.7. The van der Waals surface area contributed by atoms with Crippen LogP contribution in [0.25, 0.3) is 0 Å². The molecule has 0 radical (unpaired) electrons. The fourth-order valence-corrected chi connectivity index (χ4v) is 2.24. The number of amides is 3. The Kier molecular flexibility index (Phi) is 5.43. The quantitative estimate of drug-likeness (QED) is 0.841. The van der Waals surface area contributed by atoms with Gasteiger partial charge in [-0.3, -0.25) is 10.1 Å². The highest BCUT2D eigenvalue weighted by molar-refractivity contribution is 8.00. The lowest BCUT2D eigenvalue weighted by atomic mass is 10.3. The van der Waals surface area contributed by atoms with E-state index in [1.54, 1.807) is 6.92 Å². The molecule has 1 aromatic rings. The molecule has 7 heteroatoms. The van der Waals surface area contributed by atoms with Gasteiger partial charge in [0.2, 0.25) is 5.91 Å². The molecule has 18 heavy (non-hydrogen) atoms. The van der Waals surface area contributed by atoms with Crippen LogP contribution in [0.15, 0.2) is 23.1 Å². The van der Waals surface area contributed by atoms with Crippen LogP contribution in [0, 0.1) is 5.82 Å². The van der Waals surface area contributed by atoms with Crippen molar-refractivity contribution in [3.63, 3.8) is 0 Å². The van der Waals surface area contributed by atoms with Crippen LogP contribution in [0.2, 0.25) is 5.02 Å². The number of nitrogens with one attached hydrogen (secondary N) is 2. The van der Waals surface area contributed by atoms with E-state index in [2.05, 4.69) is 10.6 Å². The van der Waals surface area contributed by atoms with Crippen molar-refractivity contribution in [2.75, 3.05) is 7.05 Å². The number of thioether (sulfide) groups is 1. The molecule has 0 unspecified atom stereocenters. The number of carbonyl (C=O) groups excluding carboxylic acids is 2. The van der Waals surface area contributed by atoms with Gasteiger partial charge in [0.25, 0.3) is 0 Å². The first kappa shape index (κ1) is 14.8. The molecule has 0 heterocycles. The van der Waals surface area contributed by atoms with E-state index in [9.17, 15) is 14.0 Å². The van der Waals surface area contributed by atoms with E-state index >= 15 is 0 Å². The van der Waals surface area contributed by atoms with Crippen LogP contribution in [-0.4, -0.2) is 24.2 Å². The molecule has 0 aliphatic carbocycles. The van der Waals surface area contributed by atoms with Crippen LogP contribution in [-0.2, 0) is 4.79 Å². The highest BCUT2D eigenvalue weighted by Crippen LogP contribution is 2.27. The average molecular weight is 291 g/mol. The lowest BCUT2D eigenvalue weighted by Gasteiger charge is -2.11. The van der Waals surface area contributed by atoms with Gasteiger partial charge >= 0.3 is 6.03 Å². The second-order valence-electron chi connectivity index (χ2n) is 3.40. The van der Waals surface area contributed by atoms with E-state index < -0.39 is 23.0 Å². The molecule has 3 amide bonds. The highest BCUT2D eigenvalue weighted by atomic mass is 35.5. The first-order valence-electron chi connectivity index (χ1n) is 5.08. The third-order valence-corrected chi connectivity index (χ3v) is 3.42. The van der Waals surface area contributed by atoms with Crippen molar-refractivity contribution in [2.45, 2.75) is 17.1 Å². The van der Waals surface area contributed by atoms with Crippen LogP contribution in [0.1, 0.15) is 6.92 Å². The maximum Gasteiger partial charge on any atom is 0.321 e. The molecular weight excluding hydrogens is 279 g/mol. The van der Waals surface area contributed by atoms with Crippen molar-refractivity contribution in [2.24, 2.45) is 0 Å². The van der Waals surface area contributed by atoms with Gasteiger partial charge in [-0.2, -0.15) is 0 Å². The summed E-state index contributed by atoms with van der Waals surface area (Å²) in [6.45, 7) is 1.64. The second-order valence-corrected chi connectivity index (χ2v) is 5.23. The van der Waals surface area contributed by atoms with E-state index in [0.717, 1.165) is 0 Å². The standard InChI is InChI=1S/C11H12ClFN2O2S/c1-6(10(16)15-11(17)14-2)18-7-3-4-9(13)8(12)5-7/h3-6H,1-2H3,(H2,14,15,16,17)/t6-/m1/s1. The van der Waals surface area contributed by atoms with Crippen molar-refractivity contribution in [1.82, 2.24) is 10.6 Å². The second kappa shape index (κ2) is 6.61. The van der Waals surface area contributed by atoms with Crippen molar-refractivity contribution >= 4 is 35.3 Å². The molecule has 0 aromatic heterocycles. The van der Waals surface area contributed by atoms with Crippen LogP contribution in [0.5, 0.6) is 0 Å². The van der Waals surface area contributed by atoms with Crippen molar-refractivity contribution in [3.05, 3.63) is 29.0 Å². The van der Waals surface area contributed by atoms with Gasteiger partial charge in [0, 0.05) is 11.9 Å². The Morgan fingerprint density at radius 3 is 2.67 bits per heavy atom. The average Bonchev–Trinajstić information content (AvgIpc) is 2.33. The monoisotopic (exact) mass is 290 g/mol. The van der Waals surface area contributed by atoms with Gasteiger partial charge in [0.1, 0.15) is 5.82 Å². The summed E-state index contributed by atoms with van der Waals surface area (Å²) >= 11 is 6.81. The zero-order valence-electron chi connectivity index (χ0n) is 9.79. The third-order valence-electron chi connectivity index (χ3n) is 2.04. The summed E-state index contributed by atoms with van der Waals surface area (Å²) in [7, 11) is 1.42. The molecule has 0 aliphatic heterocycles. The summed E-state index contributed by atoms with van der Waals surface area (Å²) in [4.78, 5) is 23.2. The Morgan fingerprint density at radius 2 is 2.11 bits per heavy atom. The molecule has 0 spiro atoms. The largest absolute Gasteiger partial charge is 0.341 e. The molecule has 1 atom stereocenters. The van der Waals surface area contributed by atoms with Crippen molar-refractivity contribution < 1.29 is 14.0 Å². The zero-order valence-corrected chi connectivity index (χ0v) is 11.4. The van der Waals surface area contributed by atoms with E-state index in [-0.39, 0.29) is 5.02 Å². The van der Waals surface area contributed by atoms with Crippen molar-refractivity contribution in [1.29, 1.82) is 0 Å². The number of hydrogen-bond donors (Lipinski definition) is 2. The Bertz CT molecular complexity index is 470. The SMILES string of the molecule is CNC(=O)NC(=O)[C@@H](C)Sc1ccc(F)c(Cl)c1. The van der Waals surface area contributed by atoms with Gasteiger partial charge in [-0.05, 0) is 25.1 Å². The molecule has 1 aromatic carbocycles. The lowest BCUT2D eigenvalue weighted by Crippen LogP contribution is -2.41. The van der Waals surface area contributed by atoms with Gasteiger partial charge in [-0.1, -0.05) is 11.6 Å². The fraction of sp³-hybridized carbons (Fsp3) is 0.273. The number of hydrogen-bond acceptors (Lipinski definition) is 3. The van der Waals surface area contributed by atoms with Gasteiger partial charge in [0.15, 0.2) is 0 Å². The Morgan fingerprint density at radius 1 is 1.44 bits per heavy atom. The molecule has 0 bridgehead atoms. The molecule has 4 nitrogen and oxygen atoms in total. The summed E-state index contributed by atoms with van der Waals surface area (Å²) < 4.78 is 12.9. The fourth-order valence-electron chi connectivity index (χ4n) is 1.08. The Balaban J connectivity index is 2.63. The Labute approximate surface area is 113 Å². The van der Waals surface area contributed by atoms with Crippen LogP contribution >= 0.6 is 23.4 Å². The van der Waals surface area contributed by atoms with E-state index in [0.29, 0.717) is 4.90 Å². The number of benzene rings is 1. The maximum absolute atomic E-state index is 12.9. The van der Waals surface area contributed by atoms with E-state index in [1.165, 1.54) is 37.0 Å². The van der Waals surface area contributed by atoms with Gasteiger partial charge in [-0.25, -0.2) is 9.18 Å². The number of halogens is 2. The summed E-state index contributed by atoms with van der Waals surface area (Å²) in [5.41, 5.74) is 0. The first-order chi connectivity index (χ1) is 8.43. The molecular formula is C11H12ClFN2O2S. The number of carbonyl (C=O) groups is 2. The molecule has 0 aliphatic rings. The molecule has 2 N–H and O–H groups in total. The predicted octanol–water partition coefficient (Wildman–Crippen LogP) is 2.42. The van der Waals surface area contributed by atoms with Gasteiger partial charge in [0.05, 0.1) is 10.3 Å². The van der Waals surface area contributed by atoms with E-state index in [1.807, 2.05) is 0 Å². The third kappa shape index (κ3) is 4.19. The number of rotatable bonds is 3. The minimum Gasteiger partial charge on any atom is -0.341 e. The van der Waals surface area contributed by atoms with Crippen molar-refractivity contribution in [3.8, 4) is 0 Å². The minimum atomic E-state index is -0.565. The number of urea groups is 1. The molecule has 98 valence electrons. The summed E-state index contributed by atoms with van der Waals surface area (Å²) in [6, 6.07) is 3.62. The number of imide groups is 1. The normalized spacial score (nSPS) is 11.8. The predicted molar refractivity (Wildman–Crippen MR) is 69.3 cm³/mol. The Hall–Kier alpha value is -1.27. The summed E-state index contributed by atoms with van der Waals surface area (Å²) in [5.74, 6) is -0.941. The van der Waals surface area contributed by atoms with Crippen LogP contribution in [0.4, 0.5) is 9.18 Å². The molecule has 0 saturated carbocycles.